The second-order valence-corrected chi connectivity index (χ2v) is 6.85. The molecule has 0 atom stereocenters. The van der Waals surface area contributed by atoms with Crippen molar-refractivity contribution in [2.24, 2.45) is 0 Å². The molecule has 0 bridgehead atoms. The number of carbonyl (C=O) groups is 1. The first-order chi connectivity index (χ1) is 14.6. The molecule has 162 valence electrons. The summed E-state index contributed by atoms with van der Waals surface area (Å²) in [6.07, 6.45) is -4.85. The Bertz CT molecular complexity index is 1110. The van der Waals surface area contributed by atoms with Crippen molar-refractivity contribution in [3.8, 4) is 17.0 Å². The zero-order chi connectivity index (χ0) is 22.6. The van der Waals surface area contributed by atoms with Crippen molar-refractivity contribution in [2.75, 3.05) is 17.2 Å². The molecular weight excluding hydrogens is 460 g/mol. The molecule has 0 spiro atoms. The first-order valence-electron chi connectivity index (χ1n) is 8.52. The molecule has 3 rings (SSSR count). The van der Waals surface area contributed by atoms with E-state index in [0.29, 0.717) is 21.3 Å². The van der Waals surface area contributed by atoms with Crippen LogP contribution in [0, 0.1) is 0 Å². The van der Waals surface area contributed by atoms with E-state index in [2.05, 4.69) is 25.3 Å². The predicted molar refractivity (Wildman–Crippen MR) is 110 cm³/mol. The van der Waals surface area contributed by atoms with Gasteiger partial charge in [0.25, 0.3) is 0 Å². The molecule has 0 aliphatic carbocycles. The number of hydrogen-bond donors (Lipinski definition) is 3. The topological polar surface area (TPSA) is 96.4 Å². The number of aliphatic carboxylic acids is 1. The Morgan fingerprint density at radius 3 is 2.52 bits per heavy atom. The van der Waals surface area contributed by atoms with Gasteiger partial charge in [-0.25, -0.2) is 4.98 Å². The Morgan fingerprint density at radius 2 is 1.84 bits per heavy atom. The Balaban J connectivity index is 1.98. The van der Waals surface area contributed by atoms with E-state index in [1.54, 1.807) is 18.2 Å². The maximum Gasteiger partial charge on any atom is 0.573 e. The van der Waals surface area contributed by atoms with Gasteiger partial charge < -0.3 is 20.5 Å². The van der Waals surface area contributed by atoms with Gasteiger partial charge in [-0.3, -0.25) is 4.79 Å². The number of nitrogens with zero attached hydrogens (tertiary/aromatic N) is 2. The fraction of sp³-hybridized carbons (Fsp3) is 0.105. The summed E-state index contributed by atoms with van der Waals surface area (Å²) in [5.74, 6) is -1.39. The fourth-order valence-corrected chi connectivity index (χ4v) is 2.77. The molecule has 0 aliphatic rings. The Labute approximate surface area is 183 Å². The van der Waals surface area contributed by atoms with Crippen molar-refractivity contribution >= 4 is 46.6 Å². The lowest BCUT2D eigenvalue weighted by Gasteiger charge is -2.13. The highest BCUT2D eigenvalue weighted by atomic mass is 35.5. The van der Waals surface area contributed by atoms with Gasteiger partial charge in [-0.2, -0.15) is 4.98 Å². The number of nitrogens with one attached hydrogen (secondary N) is 2. The number of rotatable bonds is 7. The Kier molecular flexibility index (Phi) is 6.71. The molecule has 0 fully saturated rings. The molecule has 12 heteroatoms. The molecule has 0 saturated heterocycles. The molecule has 1 aromatic heterocycles. The maximum absolute atomic E-state index is 12.5. The minimum atomic E-state index is -4.85. The number of carboxylic acids is 1. The van der Waals surface area contributed by atoms with Gasteiger partial charge in [-0.15, -0.1) is 13.2 Å². The molecule has 0 aliphatic heterocycles. The third-order valence-corrected chi connectivity index (χ3v) is 4.42. The molecule has 3 aromatic rings. The molecule has 3 N–H and O–H groups in total. The van der Waals surface area contributed by atoms with E-state index in [-0.39, 0.29) is 17.5 Å². The lowest BCUT2D eigenvalue weighted by molar-refractivity contribution is -0.274. The van der Waals surface area contributed by atoms with Gasteiger partial charge in [0.2, 0.25) is 5.95 Å². The fourth-order valence-electron chi connectivity index (χ4n) is 2.47. The summed E-state index contributed by atoms with van der Waals surface area (Å²) >= 11 is 11.9. The standard InChI is InChI=1S/C19H13Cl2F3N4O3/c20-13-5-4-11(7-14(13)21)26-16-8-15(27-18(28-16)25-9-17(29)30)10-2-1-3-12(6-10)31-19(22,23)24/h1-8H,9H2,(H,29,30)(H2,25,26,27,28). The van der Waals surface area contributed by atoms with Crippen LogP contribution in [0.15, 0.2) is 48.5 Å². The highest BCUT2D eigenvalue weighted by molar-refractivity contribution is 6.42. The van der Waals surface area contributed by atoms with E-state index in [1.165, 1.54) is 18.2 Å². The van der Waals surface area contributed by atoms with E-state index in [9.17, 15) is 18.0 Å². The van der Waals surface area contributed by atoms with Crippen LogP contribution in [0.5, 0.6) is 5.75 Å². The number of carboxylic acid groups (broad SMARTS) is 1. The van der Waals surface area contributed by atoms with Crippen LogP contribution in [0.25, 0.3) is 11.3 Å². The maximum atomic E-state index is 12.5. The summed E-state index contributed by atoms with van der Waals surface area (Å²) in [5.41, 5.74) is 1.04. The first-order valence-corrected chi connectivity index (χ1v) is 9.28. The van der Waals surface area contributed by atoms with Crippen molar-refractivity contribution in [3.63, 3.8) is 0 Å². The number of benzene rings is 2. The van der Waals surface area contributed by atoms with Gasteiger partial charge >= 0.3 is 12.3 Å². The smallest absolute Gasteiger partial charge is 0.480 e. The zero-order valence-corrected chi connectivity index (χ0v) is 16.9. The van der Waals surface area contributed by atoms with Crippen LogP contribution in [-0.2, 0) is 4.79 Å². The molecule has 0 saturated carbocycles. The van der Waals surface area contributed by atoms with Gasteiger partial charge in [0.05, 0.1) is 15.7 Å². The van der Waals surface area contributed by atoms with E-state index in [1.807, 2.05) is 0 Å². The van der Waals surface area contributed by atoms with Crippen LogP contribution in [0.2, 0.25) is 10.0 Å². The van der Waals surface area contributed by atoms with Crippen LogP contribution >= 0.6 is 23.2 Å². The van der Waals surface area contributed by atoms with Crippen LogP contribution < -0.4 is 15.4 Å². The largest absolute Gasteiger partial charge is 0.573 e. The van der Waals surface area contributed by atoms with Gasteiger partial charge in [0, 0.05) is 17.3 Å². The van der Waals surface area contributed by atoms with Crippen molar-refractivity contribution < 1.29 is 27.8 Å². The SMILES string of the molecule is O=C(O)CNc1nc(Nc2ccc(Cl)c(Cl)c2)cc(-c2cccc(OC(F)(F)F)c2)n1. The molecule has 2 aromatic carbocycles. The number of hydrogen-bond acceptors (Lipinski definition) is 6. The van der Waals surface area contributed by atoms with Gasteiger partial charge in [-0.1, -0.05) is 35.3 Å². The number of anilines is 3. The molecular formula is C19H13Cl2F3N4O3. The van der Waals surface area contributed by atoms with Gasteiger partial charge in [-0.05, 0) is 30.3 Å². The van der Waals surface area contributed by atoms with Crippen LogP contribution in [0.4, 0.5) is 30.6 Å². The van der Waals surface area contributed by atoms with Crippen molar-refractivity contribution in [3.05, 3.63) is 58.6 Å². The van der Waals surface area contributed by atoms with Crippen molar-refractivity contribution in [1.29, 1.82) is 0 Å². The summed E-state index contributed by atoms with van der Waals surface area (Å²) < 4.78 is 41.6. The highest BCUT2D eigenvalue weighted by Gasteiger charge is 2.31. The lowest BCUT2D eigenvalue weighted by atomic mass is 10.1. The molecule has 0 unspecified atom stereocenters. The second kappa shape index (κ2) is 9.27. The van der Waals surface area contributed by atoms with Crippen LogP contribution in [-0.4, -0.2) is 34.0 Å². The second-order valence-electron chi connectivity index (χ2n) is 6.04. The first kappa shape index (κ1) is 22.4. The molecule has 7 nitrogen and oxygen atoms in total. The number of ether oxygens (including phenoxy) is 1. The molecule has 1 heterocycles. The van der Waals surface area contributed by atoms with Gasteiger partial charge in [0.1, 0.15) is 18.1 Å². The number of alkyl halides is 3. The minimum Gasteiger partial charge on any atom is -0.480 e. The molecule has 0 amide bonds. The summed E-state index contributed by atoms with van der Waals surface area (Å²) in [4.78, 5) is 19.2. The average Bonchev–Trinajstić information content (AvgIpc) is 2.68. The number of aromatic nitrogens is 2. The summed E-state index contributed by atoms with van der Waals surface area (Å²) in [7, 11) is 0. The third-order valence-electron chi connectivity index (χ3n) is 3.68. The van der Waals surface area contributed by atoms with E-state index >= 15 is 0 Å². The number of halogens is 5. The summed E-state index contributed by atoms with van der Waals surface area (Å²) in [6.45, 7) is -0.465. The van der Waals surface area contributed by atoms with Crippen molar-refractivity contribution in [1.82, 2.24) is 9.97 Å². The average molecular weight is 473 g/mol. The monoisotopic (exact) mass is 472 g/mol. The summed E-state index contributed by atoms with van der Waals surface area (Å²) in [6, 6.07) is 11.4. The normalized spacial score (nSPS) is 11.1. The third kappa shape index (κ3) is 6.63. The lowest BCUT2D eigenvalue weighted by Crippen LogP contribution is -2.17. The van der Waals surface area contributed by atoms with Crippen LogP contribution in [0.3, 0.4) is 0 Å². The van der Waals surface area contributed by atoms with Gasteiger partial charge in [0.15, 0.2) is 0 Å². The van der Waals surface area contributed by atoms with Crippen molar-refractivity contribution in [2.45, 2.75) is 6.36 Å². The quantitative estimate of drug-likeness (QED) is 0.412. The van der Waals surface area contributed by atoms with E-state index < -0.39 is 24.6 Å². The zero-order valence-electron chi connectivity index (χ0n) is 15.4. The van der Waals surface area contributed by atoms with E-state index in [0.717, 1.165) is 12.1 Å². The minimum absolute atomic E-state index is 0.0513. The summed E-state index contributed by atoms with van der Waals surface area (Å²) in [5, 5.41) is 15.0. The Morgan fingerprint density at radius 1 is 1.06 bits per heavy atom. The molecule has 31 heavy (non-hydrogen) atoms. The highest BCUT2D eigenvalue weighted by Crippen LogP contribution is 2.30. The van der Waals surface area contributed by atoms with Crippen LogP contribution in [0.1, 0.15) is 0 Å². The Hall–Kier alpha value is -3.24. The van der Waals surface area contributed by atoms with E-state index in [4.69, 9.17) is 28.3 Å². The molecule has 0 radical (unpaired) electrons. The predicted octanol–water partition coefficient (Wildman–Crippen LogP) is 5.59.